The Labute approximate surface area is 128 Å². The lowest BCUT2D eigenvalue weighted by Gasteiger charge is -2.34. The topological polar surface area (TPSA) is 107 Å². The van der Waals surface area contributed by atoms with E-state index in [1.54, 1.807) is 6.92 Å². The SMILES string of the molecule is C[C@@H]1C[C@H](O)C[C@@H](OC(=O)/C=C/c2ccc(O)c(O)c2)[C@@H]1O. The van der Waals surface area contributed by atoms with E-state index in [4.69, 9.17) is 4.74 Å². The van der Waals surface area contributed by atoms with Crippen molar-refractivity contribution in [1.82, 2.24) is 0 Å². The molecular formula is C16H20O6. The molecule has 0 spiro atoms. The van der Waals surface area contributed by atoms with Crippen molar-refractivity contribution in [1.29, 1.82) is 0 Å². The lowest BCUT2D eigenvalue weighted by Crippen LogP contribution is -2.44. The average molecular weight is 308 g/mol. The van der Waals surface area contributed by atoms with Gasteiger partial charge in [-0.3, -0.25) is 0 Å². The van der Waals surface area contributed by atoms with Crippen LogP contribution in [0, 0.1) is 5.92 Å². The standard InChI is InChI=1S/C16H20O6/c1-9-6-11(17)8-14(16(9)21)22-15(20)5-3-10-2-4-12(18)13(19)7-10/h2-5,7,9,11,14,16-19,21H,6,8H2,1H3/b5-3+/t9-,11+,14-,16-/m1/s1. The Morgan fingerprint density at radius 2 is 1.95 bits per heavy atom. The first-order chi connectivity index (χ1) is 10.4. The molecule has 0 unspecified atom stereocenters. The highest BCUT2D eigenvalue weighted by atomic mass is 16.6. The second-order valence-electron chi connectivity index (χ2n) is 5.65. The van der Waals surface area contributed by atoms with E-state index in [0.29, 0.717) is 12.0 Å². The van der Waals surface area contributed by atoms with E-state index in [1.165, 1.54) is 30.4 Å². The van der Waals surface area contributed by atoms with Crippen molar-refractivity contribution >= 4 is 12.0 Å². The molecule has 4 N–H and O–H groups in total. The number of carbonyl (C=O) groups is 1. The highest BCUT2D eigenvalue weighted by molar-refractivity contribution is 5.87. The quantitative estimate of drug-likeness (QED) is 0.379. The third-order valence-electron chi connectivity index (χ3n) is 3.79. The van der Waals surface area contributed by atoms with Crippen molar-refractivity contribution in [2.45, 2.75) is 38.1 Å². The van der Waals surface area contributed by atoms with Crippen LogP contribution < -0.4 is 0 Å². The van der Waals surface area contributed by atoms with E-state index in [0.717, 1.165) is 0 Å². The minimum absolute atomic E-state index is 0.139. The van der Waals surface area contributed by atoms with Crippen LogP contribution in [-0.4, -0.2) is 44.7 Å². The second kappa shape index (κ2) is 6.81. The Hall–Kier alpha value is -2.05. The minimum Gasteiger partial charge on any atom is -0.504 e. The molecule has 4 atom stereocenters. The van der Waals surface area contributed by atoms with Gasteiger partial charge in [-0.15, -0.1) is 0 Å². The number of ether oxygens (including phenoxy) is 1. The number of phenolic OH excluding ortho intramolecular Hbond substituents is 2. The molecule has 0 aliphatic heterocycles. The van der Waals surface area contributed by atoms with Gasteiger partial charge in [-0.2, -0.15) is 0 Å². The Morgan fingerprint density at radius 1 is 1.23 bits per heavy atom. The van der Waals surface area contributed by atoms with Crippen molar-refractivity contribution in [3.63, 3.8) is 0 Å². The van der Waals surface area contributed by atoms with E-state index in [1.807, 2.05) is 0 Å². The van der Waals surface area contributed by atoms with Gasteiger partial charge in [-0.05, 0) is 36.1 Å². The Balaban J connectivity index is 1.97. The number of rotatable bonds is 3. The fourth-order valence-corrected chi connectivity index (χ4v) is 2.55. The Bertz CT molecular complexity index is 568. The van der Waals surface area contributed by atoms with Crippen molar-refractivity contribution in [2.75, 3.05) is 0 Å². The van der Waals surface area contributed by atoms with Crippen LogP contribution in [0.15, 0.2) is 24.3 Å². The zero-order chi connectivity index (χ0) is 16.3. The number of phenols is 2. The van der Waals surface area contributed by atoms with Gasteiger partial charge in [0.1, 0.15) is 6.10 Å². The zero-order valence-electron chi connectivity index (χ0n) is 12.2. The molecule has 1 aromatic rings. The lowest BCUT2D eigenvalue weighted by molar-refractivity contribution is -0.159. The Morgan fingerprint density at radius 3 is 2.64 bits per heavy atom. The van der Waals surface area contributed by atoms with E-state index in [2.05, 4.69) is 0 Å². The number of aromatic hydroxyl groups is 2. The van der Waals surface area contributed by atoms with Gasteiger partial charge in [0.2, 0.25) is 0 Å². The molecule has 120 valence electrons. The number of esters is 1. The second-order valence-corrected chi connectivity index (χ2v) is 5.65. The molecule has 1 saturated carbocycles. The highest BCUT2D eigenvalue weighted by Gasteiger charge is 2.35. The molecule has 0 aromatic heterocycles. The fraction of sp³-hybridized carbons (Fsp3) is 0.438. The van der Waals surface area contributed by atoms with Crippen LogP contribution in [0.25, 0.3) is 6.08 Å². The molecule has 6 nitrogen and oxygen atoms in total. The summed E-state index contributed by atoms with van der Waals surface area (Å²) >= 11 is 0. The molecule has 0 saturated heterocycles. The van der Waals surface area contributed by atoms with Crippen molar-refractivity contribution in [2.24, 2.45) is 5.92 Å². The summed E-state index contributed by atoms with van der Waals surface area (Å²) < 4.78 is 5.17. The smallest absolute Gasteiger partial charge is 0.331 e. The van der Waals surface area contributed by atoms with Gasteiger partial charge in [-0.25, -0.2) is 4.79 Å². The molecule has 0 heterocycles. The molecule has 1 aromatic carbocycles. The van der Waals surface area contributed by atoms with Crippen molar-refractivity contribution in [3.8, 4) is 11.5 Å². The normalized spacial score (nSPS) is 28.7. The number of aliphatic hydroxyl groups is 2. The highest BCUT2D eigenvalue weighted by Crippen LogP contribution is 2.27. The summed E-state index contributed by atoms with van der Waals surface area (Å²) in [5, 5.41) is 38.2. The number of carbonyl (C=O) groups excluding carboxylic acids is 1. The van der Waals surface area contributed by atoms with Gasteiger partial charge in [0, 0.05) is 12.5 Å². The van der Waals surface area contributed by atoms with Crippen LogP contribution in [0.2, 0.25) is 0 Å². The number of benzene rings is 1. The van der Waals surface area contributed by atoms with Crippen LogP contribution >= 0.6 is 0 Å². The third kappa shape index (κ3) is 3.99. The molecule has 22 heavy (non-hydrogen) atoms. The first-order valence-corrected chi connectivity index (χ1v) is 7.13. The van der Waals surface area contributed by atoms with Crippen molar-refractivity contribution in [3.05, 3.63) is 29.8 Å². The number of hydrogen-bond acceptors (Lipinski definition) is 6. The summed E-state index contributed by atoms with van der Waals surface area (Å²) in [6.07, 6.45) is 1.18. The summed E-state index contributed by atoms with van der Waals surface area (Å²) in [6, 6.07) is 4.14. The molecule has 0 amide bonds. The zero-order valence-corrected chi connectivity index (χ0v) is 12.2. The first-order valence-electron chi connectivity index (χ1n) is 7.13. The summed E-state index contributed by atoms with van der Waals surface area (Å²) in [4.78, 5) is 11.8. The summed E-state index contributed by atoms with van der Waals surface area (Å²) in [7, 11) is 0. The van der Waals surface area contributed by atoms with E-state index in [-0.39, 0.29) is 23.8 Å². The van der Waals surface area contributed by atoms with Crippen LogP contribution in [0.4, 0.5) is 0 Å². The first kappa shape index (κ1) is 16.3. The lowest BCUT2D eigenvalue weighted by atomic mass is 9.84. The molecule has 1 aliphatic carbocycles. The van der Waals surface area contributed by atoms with Crippen molar-refractivity contribution < 1.29 is 30.0 Å². The van der Waals surface area contributed by atoms with E-state index in [9.17, 15) is 25.2 Å². The van der Waals surface area contributed by atoms with Gasteiger partial charge in [0.05, 0.1) is 12.2 Å². The maximum Gasteiger partial charge on any atom is 0.331 e. The summed E-state index contributed by atoms with van der Waals surface area (Å²) in [5.74, 6) is -1.30. The van der Waals surface area contributed by atoms with Gasteiger partial charge in [-0.1, -0.05) is 13.0 Å². The van der Waals surface area contributed by atoms with Crippen LogP contribution in [0.5, 0.6) is 11.5 Å². The predicted molar refractivity (Wildman–Crippen MR) is 79.1 cm³/mol. The van der Waals surface area contributed by atoms with Gasteiger partial charge in [0.15, 0.2) is 11.5 Å². The maximum atomic E-state index is 11.8. The fourth-order valence-electron chi connectivity index (χ4n) is 2.55. The predicted octanol–water partition coefficient (Wildman–Crippen LogP) is 1.17. The molecule has 0 radical (unpaired) electrons. The molecule has 1 fully saturated rings. The van der Waals surface area contributed by atoms with Gasteiger partial charge in [0.25, 0.3) is 0 Å². The Kier molecular flexibility index (Phi) is 5.05. The molecule has 6 heteroatoms. The minimum atomic E-state index is -0.793. The van der Waals surface area contributed by atoms with E-state index >= 15 is 0 Å². The largest absolute Gasteiger partial charge is 0.504 e. The summed E-state index contributed by atoms with van der Waals surface area (Å²) in [6.45, 7) is 1.79. The van der Waals surface area contributed by atoms with Crippen LogP contribution in [-0.2, 0) is 9.53 Å². The average Bonchev–Trinajstić information content (AvgIpc) is 2.45. The maximum absolute atomic E-state index is 11.8. The third-order valence-corrected chi connectivity index (χ3v) is 3.79. The van der Waals surface area contributed by atoms with E-state index < -0.39 is 24.3 Å². The van der Waals surface area contributed by atoms with Crippen LogP contribution in [0.1, 0.15) is 25.3 Å². The molecule has 1 aliphatic rings. The monoisotopic (exact) mass is 308 g/mol. The summed E-state index contributed by atoms with van der Waals surface area (Å²) in [5.41, 5.74) is 0.518. The number of hydrogen-bond donors (Lipinski definition) is 4. The molecule has 0 bridgehead atoms. The van der Waals surface area contributed by atoms with Gasteiger partial charge >= 0.3 is 5.97 Å². The van der Waals surface area contributed by atoms with Crippen LogP contribution in [0.3, 0.4) is 0 Å². The van der Waals surface area contributed by atoms with Gasteiger partial charge < -0.3 is 25.2 Å². The molecule has 2 rings (SSSR count). The molecular weight excluding hydrogens is 288 g/mol. The number of aliphatic hydroxyl groups excluding tert-OH is 2.